The van der Waals surface area contributed by atoms with Gasteiger partial charge in [0.15, 0.2) is 5.75 Å². The van der Waals surface area contributed by atoms with Crippen molar-refractivity contribution in [2.45, 2.75) is 11.2 Å². The number of aromatic nitrogens is 2. The molecule has 122 valence electrons. The van der Waals surface area contributed by atoms with E-state index in [0.717, 1.165) is 24.4 Å². The Bertz CT molecular complexity index is 833. The van der Waals surface area contributed by atoms with Gasteiger partial charge in [0.2, 0.25) is 14.9 Å². The standard InChI is InChI=1S/C14H11F3N2O3S/c1-22-12-5-3-8-19-13(12)23(20,21)9-6-11-10(14(15,16)17)4-2-7-18-11/h2-9H,1H3/b9-6+. The maximum atomic E-state index is 12.9. The maximum absolute atomic E-state index is 12.9. The number of pyridine rings is 2. The van der Waals surface area contributed by atoms with E-state index in [9.17, 15) is 21.6 Å². The van der Waals surface area contributed by atoms with Crippen LogP contribution in [0.4, 0.5) is 13.2 Å². The van der Waals surface area contributed by atoms with Crippen molar-refractivity contribution in [3.8, 4) is 5.75 Å². The molecule has 0 aliphatic heterocycles. The third kappa shape index (κ3) is 3.86. The fraction of sp³-hybridized carbons (Fsp3) is 0.143. The monoisotopic (exact) mass is 344 g/mol. The van der Waals surface area contributed by atoms with Crippen LogP contribution in [0.15, 0.2) is 47.1 Å². The summed E-state index contributed by atoms with van der Waals surface area (Å²) in [5.74, 6) is -0.00536. The SMILES string of the molecule is COc1cccnc1S(=O)(=O)/C=C/c1ncccc1C(F)(F)F. The van der Waals surface area contributed by atoms with Gasteiger partial charge in [0, 0.05) is 17.8 Å². The van der Waals surface area contributed by atoms with E-state index in [1.807, 2.05) is 0 Å². The number of halogens is 3. The second-order valence-electron chi connectivity index (χ2n) is 4.29. The van der Waals surface area contributed by atoms with Crippen LogP contribution < -0.4 is 4.74 Å². The Labute approximate surface area is 130 Å². The Balaban J connectivity index is 2.45. The van der Waals surface area contributed by atoms with Crippen LogP contribution in [0.2, 0.25) is 0 Å². The Morgan fingerprint density at radius 3 is 2.43 bits per heavy atom. The highest BCUT2D eigenvalue weighted by molar-refractivity contribution is 7.94. The first kappa shape index (κ1) is 16.9. The highest BCUT2D eigenvalue weighted by atomic mass is 32.2. The van der Waals surface area contributed by atoms with Crippen molar-refractivity contribution in [3.63, 3.8) is 0 Å². The Kier molecular flexibility index (Phi) is 4.69. The molecule has 0 aromatic carbocycles. The number of sulfone groups is 1. The Hall–Kier alpha value is -2.42. The van der Waals surface area contributed by atoms with Crippen LogP contribution in [-0.2, 0) is 16.0 Å². The van der Waals surface area contributed by atoms with Crippen molar-refractivity contribution in [1.82, 2.24) is 9.97 Å². The van der Waals surface area contributed by atoms with Crippen molar-refractivity contribution >= 4 is 15.9 Å². The molecule has 0 aliphatic rings. The van der Waals surface area contributed by atoms with Gasteiger partial charge in [-0.15, -0.1) is 0 Å². The topological polar surface area (TPSA) is 69.2 Å². The smallest absolute Gasteiger partial charge is 0.418 e. The van der Waals surface area contributed by atoms with E-state index in [0.29, 0.717) is 5.41 Å². The molecule has 0 amide bonds. The molecule has 0 saturated heterocycles. The third-order valence-corrected chi connectivity index (χ3v) is 4.11. The van der Waals surface area contributed by atoms with Gasteiger partial charge in [-0.2, -0.15) is 13.2 Å². The second kappa shape index (κ2) is 6.37. The molecule has 0 radical (unpaired) electrons. The minimum Gasteiger partial charge on any atom is -0.494 e. The molecule has 0 spiro atoms. The summed E-state index contributed by atoms with van der Waals surface area (Å²) in [7, 11) is -2.82. The van der Waals surface area contributed by atoms with Crippen molar-refractivity contribution in [2.24, 2.45) is 0 Å². The second-order valence-corrected chi connectivity index (χ2v) is 6.04. The molecule has 0 aliphatic carbocycles. The molecule has 9 heteroatoms. The van der Waals surface area contributed by atoms with Crippen LogP contribution in [0.1, 0.15) is 11.3 Å². The van der Waals surface area contributed by atoms with Crippen molar-refractivity contribution in [1.29, 1.82) is 0 Å². The molecule has 2 rings (SSSR count). The van der Waals surface area contributed by atoms with Crippen LogP contribution in [0.5, 0.6) is 5.75 Å². The van der Waals surface area contributed by atoms with Crippen LogP contribution in [0.25, 0.3) is 6.08 Å². The number of hydrogen-bond donors (Lipinski definition) is 0. The van der Waals surface area contributed by atoms with Gasteiger partial charge in [0.25, 0.3) is 0 Å². The van der Waals surface area contributed by atoms with Gasteiger partial charge in [-0.25, -0.2) is 13.4 Å². The minimum atomic E-state index is -4.64. The normalized spacial score (nSPS) is 12.5. The number of rotatable bonds is 4. The average molecular weight is 344 g/mol. The number of alkyl halides is 3. The molecule has 0 N–H and O–H groups in total. The van der Waals surface area contributed by atoms with Gasteiger partial charge in [-0.05, 0) is 30.3 Å². The molecule has 23 heavy (non-hydrogen) atoms. The highest BCUT2D eigenvalue weighted by Crippen LogP contribution is 2.32. The highest BCUT2D eigenvalue weighted by Gasteiger charge is 2.33. The fourth-order valence-corrected chi connectivity index (χ4v) is 2.83. The molecule has 2 aromatic heterocycles. The zero-order chi connectivity index (χ0) is 17.1. The van der Waals surface area contributed by atoms with Crippen molar-refractivity contribution in [3.05, 3.63) is 53.3 Å². The predicted octanol–water partition coefficient (Wildman–Crippen LogP) is 2.95. The molecule has 5 nitrogen and oxygen atoms in total. The van der Waals surface area contributed by atoms with Crippen LogP contribution >= 0.6 is 0 Å². The zero-order valence-electron chi connectivity index (χ0n) is 11.8. The van der Waals surface area contributed by atoms with Crippen molar-refractivity contribution in [2.75, 3.05) is 7.11 Å². The molecule has 2 heterocycles. The Morgan fingerprint density at radius 1 is 1.13 bits per heavy atom. The minimum absolute atomic E-state index is 0.00536. The third-order valence-electron chi connectivity index (χ3n) is 2.77. The molecular formula is C14H11F3N2O3S. The van der Waals surface area contributed by atoms with E-state index in [2.05, 4.69) is 9.97 Å². The van der Waals surface area contributed by atoms with Gasteiger partial charge in [0.05, 0.1) is 18.4 Å². The lowest BCUT2D eigenvalue weighted by atomic mass is 10.2. The predicted molar refractivity (Wildman–Crippen MR) is 76.2 cm³/mol. The maximum Gasteiger partial charge on any atom is 0.418 e. The molecule has 0 bridgehead atoms. The number of ether oxygens (including phenoxy) is 1. The summed E-state index contributed by atoms with van der Waals surface area (Å²) in [4.78, 5) is 7.26. The van der Waals surface area contributed by atoms with Crippen LogP contribution in [-0.4, -0.2) is 25.5 Å². The first-order valence-electron chi connectivity index (χ1n) is 6.20. The summed E-state index contributed by atoms with van der Waals surface area (Å²) in [6, 6.07) is 4.80. The van der Waals surface area contributed by atoms with Gasteiger partial charge < -0.3 is 4.74 Å². The van der Waals surface area contributed by atoms with Gasteiger partial charge in [-0.1, -0.05) is 0 Å². The fourth-order valence-electron chi connectivity index (χ4n) is 1.75. The molecule has 0 saturated carbocycles. The average Bonchev–Trinajstić information content (AvgIpc) is 2.52. The number of methoxy groups -OCH3 is 1. The van der Waals surface area contributed by atoms with Gasteiger partial charge in [0.1, 0.15) is 0 Å². The number of nitrogens with zero attached hydrogens (tertiary/aromatic N) is 2. The van der Waals surface area contributed by atoms with E-state index in [-0.39, 0.29) is 10.8 Å². The molecule has 2 aromatic rings. The summed E-state index contributed by atoms with van der Waals surface area (Å²) < 4.78 is 67.9. The summed E-state index contributed by atoms with van der Waals surface area (Å²) >= 11 is 0. The lowest BCUT2D eigenvalue weighted by Gasteiger charge is -2.09. The van der Waals surface area contributed by atoms with E-state index in [1.54, 1.807) is 0 Å². The molecular weight excluding hydrogens is 333 g/mol. The quantitative estimate of drug-likeness (QED) is 0.853. The van der Waals surface area contributed by atoms with E-state index in [1.165, 1.54) is 25.4 Å². The molecule has 0 unspecified atom stereocenters. The van der Waals surface area contributed by atoms with Gasteiger partial charge >= 0.3 is 6.18 Å². The Morgan fingerprint density at radius 2 is 1.78 bits per heavy atom. The van der Waals surface area contributed by atoms with Crippen molar-refractivity contribution < 1.29 is 26.3 Å². The molecule has 0 fully saturated rings. The first-order valence-corrected chi connectivity index (χ1v) is 7.75. The van der Waals surface area contributed by atoms with E-state index < -0.39 is 27.3 Å². The van der Waals surface area contributed by atoms with E-state index >= 15 is 0 Å². The largest absolute Gasteiger partial charge is 0.494 e. The van der Waals surface area contributed by atoms with Crippen LogP contribution in [0, 0.1) is 0 Å². The summed E-state index contributed by atoms with van der Waals surface area (Å²) in [6.45, 7) is 0. The molecule has 0 atom stereocenters. The van der Waals surface area contributed by atoms with Gasteiger partial charge in [-0.3, -0.25) is 4.98 Å². The first-order chi connectivity index (χ1) is 10.8. The van der Waals surface area contributed by atoms with E-state index in [4.69, 9.17) is 4.74 Å². The van der Waals surface area contributed by atoms with Crippen LogP contribution in [0.3, 0.4) is 0 Å². The number of hydrogen-bond acceptors (Lipinski definition) is 5. The lowest BCUT2D eigenvalue weighted by molar-refractivity contribution is -0.138. The summed E-state index contributed by atoms with van der Waals surface area (Å²) in [5, 5.41) is 0.235. The summed E-state index contributed by atoms with van der Waals surface area (Å²) in [5.41, 5.74) is -1.53. The zero-order valence-corrected chi connectivity index (χ0v) is 12.6. The lowest BCUT2D eigenvalue weighted by Crippen LogP contribution is -2.08. The summed E-state index contributed by atoms with van der Waals surface area (Å²) in [6.07, 6.45) is -1.47.